The lowest BCUT2D eigenvalue weighted by molar-refractivity contribution is -0.171. The number of amides is 3. The summed E-state index contributed by atoms with van der Waals surface area (Å²) in [5.41, 5.74) is 0.325. The highest BCUT2D eigenvalue weighted by molar-refractivity contribution is 5.81. The molecule has 160 valence electrons. The van der Waals surface area contributed by atoms with Gasteiger partial charge in [-0.3, -0.25) is 4.79 Å². The Morgan fingerprint density at radius 2 is 2.00 bits per heavy atom. The number of nitrogens with zero attached hydrogens (tertiary/aromatic N) is 3. The maximum absolute atomic E-state index is 12.9. The molecule has 1 aromatic heterocycles. The van der Waals surface area contributed by atoms with Gasteiger partial charge in [0.2, 0.25) is 0 Å². The largest absolute Gasteiger partial charge is 0.497 e. The summed E-state index contributed by atoms with van der Waals surface area (Å²) < 4.78 is 13.5. The number of piperidine rings is 1. The lowest BCUT2D eigenvalue weighted by atomic mass is 9.88. The number of carbonyl (C=O) groups excluding carboxylic acids is 2. The molecule has 2 aliphatic rings. The summed E-state index contributed by atoms with van der Waals surface area (Å²) in [6.45, 7) is 1.93. The molecule has 1 fully saturated rings. The molecule has 30 heavy (non-hydrogen) atoms. The Balaban J connectivity index is 1.44. The van der Waals surface area contributed by atoms with Gasteiger partial charge in [-0.15, -0.1) is 0 Å². The van der Waals surface area contributed by atoms with Crippen LogP contribution in [-0.4, -0.2) is 59.7 Å². The topological polar surface area (TPSA) is 97.7 Å². The van der Waals surface area contributed by atoms with E-state index in [1.165, 1.54) is 0 Å². The second kappa shape index (κ2) is 8.35. The standard InChI is InChI=1S/C21H27N5O4/c1-22-20(28)25-10-7-21(8-11-25)19-23-9-12-26(19)14-17(30-21)18(27)24-13-15-3-5-16(29-2)6-4-15/h3-6,9,12,17H,7-8,10-11,13-14H2,1-2H3,(H,22,28)(H,24,27)/t17-/m1/s1. The Morgan fingerprint density at radius 3 is 2.67 bits per heavy atom. The van der Waals surface area contributed by atoms with Crippen LogP contribution in [0.2, 0.25) is 0 Å². The summed E-state index contributed by atoms with van der Waals surface area (Å²) >= 11 is 0. The average Bonchev–Trinajstić information content (AvgIpc) is 3.27. The molecule has 0 unspecified atom stereocenters. The van der Waals surface area contributed by atoms with E-state index < -0.39 is 11.7 Å². The third-order valence-electron chi connectivity index (χ3n) is 5.84. The van der Waals surface area contributed by atoms with Crippen molar-refractivity contribution in [2.75, 3.05) is 27.2 Å². The molecule has 1 atom stereocenters. The minimum atomic E-state index is -0.658. The Morgan fingerprint density at radius 1 is 1.27 bits per heavy atom. The number of ether oxygens (including phenoxy) is 2. The van der Waals surface area contributed by atoms with Crippen LogP contribution in [0.15, 0.2) is 36.7 Å². The van der Waals surface area contributed by atoms with Crippen molar-refractivity contribution in [3.63, 3.8) is 0 Å². The van der Waals surface area contributed by atoms with Crippen molar-refractivity contribution in [3.05, 3.63) is 48.0 Å². The van der Waals surface area contributed by atoms with Crippen LogP contribution in [0.25, 0.3) is 0 Å². The molecule has 0 saturated carbocycles. The number of imidazole rings is 1. The minimum Gasteiger partial charge on any atom is -0.497 e. The normalized spacial score (nSPS) is 19.8. The van der Waals surface area contributed by atoms with Crippen molar-refractivity contribution in [1.82, 2.24) is 25.1 Å². The Kier molecular flexibility index (Phi) is 5.63. The molecule has 1 saturated heterocycles. The molecule has 1 aromatic carbocycles. The molecule has 0 radical (unpaired) electrons. The van der Waals surface area contributed by atoms with Gasteiger partial charge in [0.05, 0.1) is 13.7 Å². The van der Waals surface area contributed by atoms with Crippen molar-refractivity contribution in [3.8, 4) is 5.75 Å². The number of urea groups is 1. The van der Waals surface area contributed by atoms with Crippen LogP contribution in [0.5, 0.6) is 5.75 Å². The lowest BCUT2D eigenvalue weighted by Gasteiger charge is -2.45. The number of benzene rings is 1. The van der Waals surface area contributed by atoms with Gasteiger partial charge >= 0.3 is 6.03 Å². The molecular formula is C21H27N5O4. The fraction of sp³-hybridized carbons (Fsp3) is 0.476. The van der Waals surface area contributed by atoms with Crippen molar-refractivity contribution in [2.45, 2.75) is 37.6 Å². The SMILES string of the molecule is CNC(=O)N1CCC2(CC1)O[C@@H](C(=O)NCc1ccc(OC)cc1)Cn1ccnc12. The van der Waals surface area contributed by atoms with Crippen LogP contribution in [0.3, 0.4) is 0 Å². The molecular weight excluding hydrogens is 386 g/mol. The van der Waals surface area contributed by atoms with Crippen molar-refractivity contribution >= 4 is 11.9 Å². The van der Waals surface area contributed by atoms with Crippen molar-refractivity contribution < 1.29 is 19.1 Å². The molecule has 3 heterocycles. The van der Waals surface area contributed by atoms with E-state index in [2.05, 4.69) is 15.6 Å². The number of rotatable bonds is 4. The number of carbonyl (C=O) groups is 2. The number of hydrogen-bond acceptors (Lipinski definition) is 5. The number of fused-ring (bicyclic) bond motifs is 2. The first kappa shape index (κ1) is 20.2. The van der Waals surface area contributed by atoms with E-state index in [0.717, 1.165) is 17.1 Å². The van der Waals surface area contributed by atoms with Crippen LogP contribution in [-0.2, 0) is 28.2 Å². The summed E-state index contributed by atoms with van der Waals surface area (Å²) in [4.78, 5) is 31.1. The molecule has 2 aliphatic heterocycles. The van der Waals surface area contributed by atoms with Gasteiger partial charge < -0.3 is 29.6 Å². The monoisotopic (exact) mass is 413 g/mol. The first-order valence-corrected chi connectivity index (χ1v) is 10.1. The Labute approximate surface area is 175 Å². The van der Waals surface area contributed by atoms with Crippen LogP contribution >= 0.6 is 0 Å². The highest BCUT2D eigenvalue weighted by atomic mass is 16.5. The smallest absolute Gasteiger partial charge is 0.317 e. The highest BCUT2D eigenvalue weighted by Gasteiger charge is 2.47. The van der Waals surface area contributed by atoms with E-state index in [-0.39, 0.29) is 11.9 Å². The van der Waals surface area contributed by atoms with Gasteiger partial charge in [-0.1, -0.05) is 12.1 Å². The van der Waals surface area contributed by atoms with Gasteiger partial charge in [-0.25, -0.2) is 9.78 Å². The zero-order chi connectivity index (χ0) is 21.1. The first-order valence-electron chi connectivity index (χ1n) is 10.1. The predicted octanol–water partition coefficient (Wildman–Crippen LogP) is 1.24. The van der Waals surface area contributed by atoms with E-state index in [1.807, 2.05) is 35.0 Å². The third kappa shape index (κ3) is 3.85. The van der Waals surface area contributed by atoms with Crippen LogP contribution in [0.4, 0.5) is 4.79 Å². The second-order valence-electron chi connectivity index (χ2n) is 7.61. The zero-order valence-corrected chi connectivity index (χ0v) is 17.3. The molecule has 9 nitrogen and oxygen atoms in total. The molecule has 3 amide bonds. The van der Waals surface area contributed by atoms with Gasteiger partial charge in [0, 0.05) is 51.9 Å². The molecule has 2 N–H and O–H groups in total. The predicted molar refractivity (Wildman–Crippen MR) is 109 cm³/mol. The van der Waals surface area contributed by atoms with Gasteiger partial charge in [-0.05, 0) is 17.7 Å². The number of aromatic nitrogens is 2. The summed E-state index contributed by atoms with van der Waals surface area (Å²) in [6.07, 6.45) is 4.20. The fourth-order valence-corrected chi connectivity index (χ4v) is 4.15. The summed E-state index contributed by atoms with van der Waals surface area (Å²) in [5, 5.41) is 5.63. The van der Waals surface area contributed by atoms with Crippen LogP contribution in [0.1, 0.15) is 24.2 Å². The lowest BCUT2D eigenvalue weighted by Crippen LogP contribution is -2.55. The quantitative estimate of drug-likeness (QED) is 0.786. The molecule has 2 aromatic rings. The number of nitrogens with one attached hydrogen (secondary N) is 2. The van der Waals surface area contributed by atoms with Crippen LogP contribution in [0, 0.1) is 0 Å². The van der Waals surface area contributed by atoms with E-state index in [9.17, 15) is 9.59 Å². The zero-order valence-electron chi connectivity index (χ0n) is 17.3. The maximum Gasteiger partial charge on any atom is 0.317 e. The van der Waals surface area contributed by atoms with Gasteiger partial charge in [-0.2, -0.15) is 0 Å². The highest BCUT2D eigenvalue weighted by Crippen LogP contribution is 2.40. The van der Waals surface area contributed by atoms with E-state index in [0.29, 0.717) is 39.0 Å². The minimum absolute atomic E-state index is 0.0993. The average molecular weight is 413 g/mol. The van der Waals surface area contributed by atoms with Crippen molar-refractivity contribution in [1.29, 1.82) is 0 Å². The first-order chi connectivity index (χ1) is 14.5. The summed E-state index contributed by atoms with van der Waals surface area (Å²) in [5.74, 6) is 1.45. The summed E-state index contributed by atoms with van der Waals surface area (Å²) in [7, 11) is 3.25. The molecule has 0 aliphatic carbocycles. The fourth-order valence-electron chi connectivity index (χ4n) is 4.15. The maximum atomic E-state index is 12.9. The molecule has 9 heteroatoms. The van der Waals surface area contributed by atoms with Gasteiger partial charge in [0.25, 0.3) is 5.91 Å². The number of hydrogen-bond donors (Lipinski definition) is 2. The third-order valence-corrected chi connectivity index (χ3v) is 5.84. The molecule has 4 rings (SSSR count). The second-order valence-corrected chi connectivity index (χ2v) is 7.61. The van der Waals surface area contributed by atoms with Gasteiger partial charge in [0.1, 0.15) is 17.2 Å². The molecule has 1 spiro atoms. The van der Waals surface area contributed by atoms with Crippen molar-refractivity contribution in [2.24, 2.45) is 0 Å². The molecule has 0 bridgehead atoms. The van der Waals surface area contributed by atoms with E-state index >= 15 is 0 Å². The summed E-state index contributed by atoms with van der Waals surface area (Å²) in [6, 6.07) is 7.48. The number of likely N-dealkylation sites (tertiary alicyclic amines) is 1. The Hall–Kier alpha value is -3.07. The van der Waals surface area contributed by atoms with Gasteiger partial charge in [0.15, 0.2) is 6.10 Å². The number of methoxy groups -OCH3 is 1. The van der Waals surface area contributed by atoms with E-state index in [4.69, 9.17) is 9.47 Å². The van der Waals surface area contributed by atoms with E-state index in [1.54, 1.807) is 25.3 Å². The van der Waals surface area contributed by atoms with Crippen LogP contribution < -0.4 is 15.4 Å². The Bertz CT molecular complexity index is 902.